The summed E-state index contributed by atoms with van der Waals surface area (Å²) >= 11 is 7.90. The molecule has 11 heteroatoms. The fourth-order valence-corrected chi connectivity index (χ4v) is 6.17. The van der Waals surface area contributed by atoms with E-state index in [0.717, 1.165) is 25.9 Å². The highest BCUT2D eigenvalue weighted by Gasteiger charge is 2.54. The Bertz CT molecular complexity index is 980. The lowest BCUT2D eigenvalue weighted by molar-refractivity contribution is -0.156. The second-order valence-corrected chi connectivity index (χ2v) is 9.03. The standard InChI is InChI=1S/C20H26ClN5O4S/c1-3-29-14(27)9-13-10-31-11-20(13,18(28)30-4-2)26-12-22-15-16(25-7-5-6-8-25)23-19(21)24-17(15)26/h12-13H,3-11H2,1-2H3/t13-,20+/m1/s1. The zero-order chi connectivity index (χ0) is 22.0. The molecule has 2 atom stereocenters. The number of carbonyl (C=O) groups is 2. The van der Waals surface area contributed by atoms with Crippen LogP contribution in [-0.4, -0.2) is 69.3 Å². The Morgan fingerprint density at radius 1 is 1.23 bits per heavy atom. The van der Waals surface area contributed by atoms with Crippen molar-refractivity contribution in [1.29, 1.82) is 0 Å². The molecule has 2 fully saturated rings. The number of hydrogen-bond donors (Lipinski definition) is 0. The molecule has 0 radical (unpaired) electrons. The van der Waals surface area contributed by atoms with Crippen molar-refractivity contribution >= 4 is 52.3 Å². The van der Waals surface area contributed by atoms with Crippen LogP contribution in [0.15, 0.2) is 6.33 Å². The summed E-state index contributed by atoms with van der Waals surface area (Å²) in [6, 6.07) is 0. The van der Waals surface area contributed by atoms with Gasteiger partial charge in [-0.05, 0) is 44.0 Å². The lowest BCUT2D eigenvalue weighted by Crippen LogP contribution is -2.49. The van der Waals surface area contributed by atoms with Crippen molar-refractivity contribution in [3.63, 3.8) is 0 Å². The van der Waals surface area contributed by atoms with Crippen molar-refractivity contribution in [3.05, 3.63) is 11.6 Å². The van der Waals surface area contributed by atoms with Crippen LogP contribution in [-0.2, 0) is 24.6 Å². The summed E-state index contributed by atoms with van der Waals surface area (Å²) in [7, 11) is 0. The third kappa shape index (κ3) is 3.95. The molecule has 0 unspecified atom stereocenters. The summed E-state index contributed by atoms with van der Waals surface area (Å²) in [4.78, 5) is 41.3. The van der Waals surface area contributed by atoms with E-state index in [4.69, 9.17) is 21.1 Å². The van der Waals surface area contributed by atoms with Gasteiger partial charge in [-0.15, -0.1) is 0 Å². The average Bonchev–Trinajstić information content (AvgIpc) is 3.48. The predicted molar refractivity (Wildman–Crippen MR) is 118 cm³/mol. The number of aromatic nitrogens is 4. The van der Waals surface area contributed by atoms with Crippen molar-refractivity contribution < 1.29 is 19.1 Å². The first kappa shape index (κ1) is 22.1. The molecule has 0 aromatic carbocycles. The van der Waals surface area contributed by atoms with E-state index in [-0.39, 0.29) is 30.2 Å². The molecule has 0 bridgehead atoms. The minimum Gasteiger partial charge on any atom is -0.466 e. The summed E-state index contributed by atoms with van der Waals surface area (Å²) in [5, 5.41) is 0.0998. The fourth-order valence-electron chi connectivity index (χ4n) is 4.41. The minimum atomic E-state index is -1.12. The van der Waals surface area contributed by atoms with Gasteiger partial charge >= 0.3 is 11.9 Å². The van der Waals surface area contributed by atoms with E-state index in [1.54, 1.807) is 36.5 Å². The fraction of sp³-hybridized carbons (Fsp3) is 0.650. The van der Waals surface area contributed by atoms with Crippen molar-refractivity contribution in [3.8, 4) is 0 Å². The average molecular weight is 468 g/mol. The second-order valence-electron chi connectivity index (χ2n) is 7.66. The molecule has 0 aliphatic carbocycles. The van der Waals surface area contributed by atoms with Gasteiger partial charge in [0, 0.05) is 24.8 Å². The van der Waals surface area contributed by atoms with E-state index < -0.39 is 11.5 Å². The third-order valence-corrected chi connectivity index (χ3v) is 7.30. The monoisotopic (exact) mass is 467 g/mol. The highest BCUT2D eigenvalue weighted by Crippen LogP contribution is 2.45. The minimum absolute atomic E-state index is 0.0998. The molecular formula is C20H26ClN5O4S. The lowest BCUT2D eigenvalue weighted by Gasteiger charge is -2.33. The van der Waals surface area contributed by atoms with E-state index >= 15 is 0 Å². The number of halogens is 1. The quantitative estimate of drug-likeness (QED) is 0.449. The van der Waals surface area contributed by atoms with E-state index in [1.165, 1.54) is 0 Å². The van der Waals surface area contributed by atoms with E-state index in [1.807, 2.05) is 0 Å². The molecule has 2 saturated heterocycles. The lowest BCUT2D eigenvalue weighted by atomic mass is 9.84. The number of ether oxygens (including phenoxy) is 2. The Morgan fingerprint density at radius 3 is 2.68 bits per heavy atom. The summed E-state index contributed by atoms with van der Waals surface area (Å²) in [5.74, 6) is 0.691. The SMILES string of the molecule is CCOC(=O)C[C@@H]1CSC[C@]1(C(=O)OCC)n1cnc2c(N3CCCC3)nc(Cl)nc21. The summed E-state index contributed by atoms with van der Waals surface area (Å²) in [6.45, 7) is 5.81. The van der Waals surface area contributed by atoms with Crippen LogP contribution in [0.1, 0.15) is 33.1 Å². The highest BCUT2D eigenvalue weighted by molar-refractivity contribution is 7.99. The van der Waals surface area contributed by atoms with Gasteiger partial charge in [0.2, 0.25) is 5.28 Å². The maximum atomic E-state index is 13.4. The van der Waals surface area contributed by atoms with Gasteiger partial charge in [-0.1, -0.05) is 0 Å². The van der Waals surface area contributed by atoms with Crippen molar-refractivity contribution in [1.82, 2.24) is 19.5 Å². The molecular weight excluding hydrogens is 442 g/mol. The Kier molecular flexibility index (Phi) is 6.57. The van der Waals surface area contributed by atoms with Crippen LogP contribution in [0.25, 0.3) is 11.2 Å². The van der Waals surface area contributed by atoms with Gasteiger partial charge in [0.1, 0.15) is 0 Å². The summed E-state index contributed by atoms with van der Waals surface area (Å²) in [5.41, 5.74) is -0.0460. The van der Waals surface area contributed by atoms with Crippen LogP contribution in [0, 0.1) is 5.92 Å². The molecule has 2 aromatic rings. The Hall–Kier alpha value is -2.07. The first-order chi connectivity index (χ1) is 15.0. The van der Waals surface area contributed by atoms with Gasteiger partial charge in [0.05, 0.1) is 26.0 Å². The van der Waals surface area contributed by atoms with Crippen LogP contribution in [0.5, 0.6) is 0 Å². The molecule has 0 spiro atoms. The number of nitrogens with zero attached hydrogens (tertiary/aromatic N) is 5. The van der Waals surface area contributed by atoms with E-state index in [2.05, 4.69) is 19.9 Å². The van der Waals surface area contributed by atoms with Gasteiger partial charge in [0.25, 0.3) is 0 Å². The van der Waals surface area contributed by atoms with Gasteiger partial charge in [-0.25, -0.2) is 9.78 Å². The van der Waals surface area contributed by atoms with E-state index in [9.17, 15) is 9.59 Å². The van der Waals surface area contributed by atoms with Crippen molar-refractivity contribution in [2.75, 3.05) is 42.7 Å². The van der Waals surface area contributed by atoms with Gasteiger partial charge in [-0.2, -0.15) is 21.7 Å². The number of imidazole rings is 1. The van der Waals surface area contributed by atoms with Crippen molar-refractivity contribution in [2.45, 2.75) is 38.6 Å². The molecule has 9 nitrogen and oxygen atoms in total. The molecule has 168 valence electrons. The smallest absolute Gasteiger partial charge is 0.333 e. The maximum Gasteiger partial charge on any atom is 0.333 e. The molecule has 2 aliphatic rings. The molecule has 4 rings (SSSR count). The molecule has 31 heavy (non-hydrogen) atoms. The van der Waals surface area contributed by atoms with Crippen LogP contribution < -0.4 is 4.90 Å². The number of fused-ring (bicyclic) bond motifs is 1. The Morgan fingerprint density at radius 2 is 1.97 bits per heavy atom. The third-order valence-electron chi connectivity index (χ3n) is 5.85. The normalized spacial score (nSPS) is 23.5. The Labute approximate surface area is 189 Å². The number of rotatable bonds is 7. The number of esters is 2. The number of anilines is 1. The van der Waals surface area contributed by atoms with Crippen LogP contribution >= 0.6 is 23.4 Å². The highest BCUT2D eigenvalue weighted by atomic mass is 35.5. The van der Waals surface area contributed by atoms with Gasteiger partial charge < -0.3 is 14.4 Å². The van der Waals surface area contributed by atoms with Gasteiger partial charge in [0.15, 0.2) is 22.5 Å². The summed E-state index contributed by atoms with van der Waals surface area (Å²) in [6.07, 6.45) is 3.87. The molecule has 0 saturated carbocycles. The predicted octanol–water partition coefficient (Wildman–Crippen LogP) is 2.65. The number of carbonyl (C=O) groups excluding carboxylic acids is 2. The second kappa shape index (κ2) is 9.20. The largest absolute Gasteiger partial charge is 0.466 e. The zero-order valence-corrected chi connectivity index (χ0v) is 19.2. The first-order valence-electron chi connectivity index (χ1n) is 10.6. The molecule has 4 heterocycles. The van der Waals surface area contributed by atoms with E-state index in [0.29, 0.717) is 35.1 Å². The molecule has 2 aromatic heterocycles. The van der Waals surface area contributed by atoms with Crippen molar-refractivity contribution in [2.24, 2.45) is 5.92 Å². The Balaban J connectivity index is 1.84. The molecule has 0 amide bonds. The molecule has 0 N–H and O–H groups in total. The number of thioether (sulfide) groups is 1. The van der Waals surface area contributed by atoms with Crippen LogP contribution in [0.3, 0.4) is 0 Å². The topological polar surface area (TPSA) is 99.4 Å². The summed E-state index contributed by atoms with van der Waals surface area (Å²) < 4.78 is 12.4. The maximum absolute atomic E-state index is 13.4. The molecule has 2 aliphatic heterocycles. The van der Waals surface area contributed by atoms with Gasteiger partial charge in [-0.3, -0.25) is 9.36 Å². The van der Waals surface area contributed by atoms with Crippen LogP contribution in [0.2, 0.25) is 5.28 Å². The zero-order valence-electron chi connectivity index (χ0n) is 17.7. The number of hydrogen-bond acceptors (Lipinski definition) is 9. The first-order valence-corrected chi connectivity index (χ1v) is 12.1. The van der Waals surface area contributed by atoms with Crippen LogP contribution in [0.4, 0.5) is 5.82 Å².